The maximum atomic E-state index is 6.53. The number of hydrogen-bond donors (Lipinski definition) is 0. The van der Waals surface area contributed by atoms with Gasteiger partial charge in [-0.1, -0.05) is 133 Å². The molecule has 0 saturated carbocycles. The first-order chi connectivity index (χ1) is 31.7. The molecule has 0 amide bonds. The molecule has 0 spiro atoms. The molecule has 6 aromatic heterocycles. The van der Waals surface area contributed by atoms with E-state index in [1.165, 1.54) is 0 Å². The fourth-order valence-corrected chi connectivity index (χ4v) is 9.86. The molecule has 298 valence electrons. The number of rotatable bonds is 5. The van der Waals surface area contributed by atoms with Crippen molar-refractivity contribution in [3.63, 3.8) is 0 Å². The Morgan fingerprint density at radius 2 is 0.812 bits per heavy atom. The molecule has 0 aliphatic carbocycles. The molecule has 14 aromatic rings. The lowest BCUT2D eigenvalue weighted by Gasteiger charge is -2.17. The van der Waals surface area contributed by atoms with E-state index in [9.17, 15) is 0 Å². The van der Waals surface area contributed by atoms with Crippen LogP contribution in [0.3, 0.4) is 0 Å². The topological polar surface area (TPSA) is 87.7 Å². The van der Waals surface area contributed by atoms with E-state index >= 15 is 0 Å². The van der Waals surface area contributed by atoms with Crippen LogP contribution in [-0.2, 0) is 0 Å². The van der Waals surface area contributed by atoms with Crippen molar-refractivity contribution in [3.8, 4) is 45.7 Å². The second kappa shape index (κ2) is 13.3. The predicted octanol–water partition coefficient (Wildman–Crippen LogP) is 14.3. The van der Waals surface area contributed by atoms with Crippen molar-refractivity contribution in [1.82, 2.24) is 29.1 Å². The second-order valence-corrected chi connectivity index (χ2v) is 16.2. The number of pyridine rings is 1. The van der Waals surface area contributed by atoms with Gasteiger partial charge in [-0.2, -0.15) is 0 Å². The quantitative estimate of drug-likeness (QED) is 0.172. The van der Waals surface area contributed by atoms with E-state index in [0.29, 0.717) is 23.3 Å². The molecule has 0 fully saturated rings. The predicted molar refractivity (Wildman–Crippen MR) is 257 cm³/mol. The average molecular weight is 821 g/mol. The lowest BCUT2D eigenvalue weighted by Crippen LogP contribution is -2.07. The van der Waals surface area contributed by atoms with Gasteiger partial charge in [0.15, 0.2) is 17.5 Å². The first kappa shape index (κ1) is 34.8. The first-order valence-electron chi connectivity index (χ1n) is 21.3. The van der Waals surface area contributed by atoms with E-state index < -0.39 is 0 Å². The van der Waals surface area contributed by atoms with Crippen LogP contribution in [0.15, 0.2) is 203 Å². The zero-order valence-electron chi connectivity index (χ0n) is 34.0. The molecule has 0 aliphatic heterocycles. The van der Waals surface area contributed by atoms with Gasteiger partial charge in [0.05, 0.1) is 44.7 Å². The summed E-state index contributed by atoms with van der Waals surface area (Å²) in [4.78, 5) is 21.3. The summed E-state index contributed by atoms with van der Waals surface area (Å²) in [5.41, 5.74) is 10.7. The molecule has 0 saturated heterocycles. The number of hydrogen-bond acceptors (Lipinski definition) is 6. The van der Waals surface area contributed by atoms with Crippen LogP contribution >= 0.6 is 0 Å². The number of fused-ring (bicyclic) bond motifs is 14. The molecule has 64 heavy (non-hydrogen) atoms. The third kappa shape index (κ3) is 4.99. The molecule has 8 aromatic carbocycles. The molecule has 8 nitrogen and oxygen atoms in total. The van der Waals surface area contributed by atoms with E-state index in [4.69, 9.17) is 28.8 Å². The van der Waals surface area contributed by atoms with Gasteiger partial charge in [-0.05, 0) is 54.6 Å². The Morgan fingerprint density at radius 3 is 1.38 bits per heavy atom. The van der Waals surface area contributed by atoms with Gasteiger partial charge in [0, 0.05) is 49.0 Å². The number of furan rings is 2. The van der Waals surface area contributed by atoms with Crippen LogP contribution in [0.5, 0.6) is 0 Å². The van der Waals surface area contributed by atoms with E-state index in [1.807, 2.05) is 91.1 Å². The number of nitrogens with zero attached hydrogens (tertiary/aromatic N) is 6. The highest BCUT2D eigenvalue weighted by Crippen LogP contribution is 2.44. The normalized spacial score (nSPS) is 12.1. The third-order valence-electron chi connectivity index (χ3n) is 12.6. The summed E-state index contributed by atoms with van der Waals surface area (Å²) < 4.78 is 17.6. The molecule has 6 heterocycles. The maximum Gasteiger partial charge on any atom is 0.166 e. The number of benzene rings is 8. The highest BCUT2D eigenvalue weighted by atomic mass is 16.3. The summed E-state index contributed by atoms with van der Waals surface area (Å²) in [5.74, 6) is 2.37. The van der Waals surface area contributed by atoms with Crippen molar-refractivity contribution in [3.05, 3.63) is 194 Å². The Balaban J connectivity index is 1.15. The summed E-state index contributed by atoms with van der Waals surface area (Å²) >= 11 is 0. The molecule has 0 N–H and O–H groups in total. The molecular weight excluding hydrogens is 789 g/mol. The highest BCUT2D eigenvalue weighted by Gasteiger charge is 2.26. The monoisotopic (exact) mass is 820 g/mol. The lowest BCUT2D eigenvalue weighted by molar-refractivity contribution is 0.669. The van der Waals surface area contributed by atoms with Crippen molar-refractivity contribution in [1.29, 1.82) is 0 Å². The summed E-state index contributed by atoms with van der Waals surface area (Å²) in [6.45, 7) is 0. The third-order valence-corrected chi connectivity index (χ3v) is 12.6. The van der Waals surface area contributed by atoms with E-state index in [-0.39, 0.29) is 0 Å². The first-order valence-corrected chi connectivity index (χ1v) is 21.3. The maximum absolute atomic E-state index is 6.53. The Hall–Kier alpha value is -8.88. The Labute approximate surface area is 363 Å². The van der Waals surface area contributed by atoms with Crippen LogP contribution in [-0.4, -0.2) is 29.1 Å². The van der Waals surface area contributed by atoms with Crippen molar-refractivity contribution < 1.29 is 8.83 Å². The van der Waals surface area contributed by atoms with Gasteiger partial charge in [-0.25, -0.2) is 19.9 Å². The van der Waals surface area contributed by atoms with Gasteiger partial charge >= 0.3 is 0 Å². The zero-order chi connectivity index (χ0) is 41.9. The van der Waals surface area contributed by atoms with Crippen LogP contribution in [0.4, 0.5) is 0 Å². The molecule has 14 rings (SSSR count). The number of aromatic nitrogens is 6. The minimum atomic E-state index is 0.515. The van der Waals surface area contributed by atoms with Crippen molar-refractivity contribution in [2.24, 2.45) is 0 Å². The van der Waals surface area contributed by atoms with Crippen molar-refractivity contribution in [2.45, 2.75) is 0 Å². The van der Waals surface area contributed by atoms with Crippen LogP contribution in [0.2, 0.25) is 0 Å². The highest BCUT2D eigenvalue weighted by molar-refractivity contribution is 6.26. The van der Waals surface area contributed by atoms with Crippen molar-refractivity contribution >= 4 is 87.5 Å². The Morgan fingerprint density at radius 1 is 0.359 bits per heavy atom. The fourth-order valence-electron chi connectivity index (χ4n) is 9.86. The van der Waals surface area contributed by atoms with E-state index in [2.05, 4.69) is 112 Å². The van der Waals surface area contributed by atoms with Crippen LogP contribution in [0, 0.1) is 0 Å². The molecular formula is C56H32N6O2. The fraction of sp³-hybridized carbons (Fsp3) is 0. The summed E-state index contributed by atoms with van der Waals surface area (Å²) in [5, 5.41) is 8.59. The molecule has 0 unspecified atom stereocenters. The van der Waals surface area contributed by atoms with E-state index in [1.54, 1.807) is 0 Å². The summed E-state index contributed by atoms with van der Waals surface area (Å²) in [6, 6.07) is 64.4. The molecule has 8 heteroatoms. The van der Waals surface area contributed by atoms with Gasteiger partial charge in [0.1, 0.15) is 28.1 Å². The van der Waals surface area contributed by atoms with Gasteiger partial charge in [-0.3, -0.25) is 4.57 Å². The average Bonchev–Trinajstić information content (AvgIpc) is 4.12. The van der Waals surface area contributed by atoms with Gasteiger partial charge in [0.25, 0.3) is 0 Å². The standard InChI is InChI=1S/C56H32N6O2/c1-3-15-33(16-4-1)54-58-55(34-17-5-2-6-18-34)60-56(59-54)41-31-49(62-43-24-12-8-20-36(43)38-28-30-48-51(53(38)62)40-22-10-14-26-46(40)64-48)57-32-44(41)61-42-23-11-7-19-35(42)37-27-29-47-50(52(37)61)39-21-9-13-25-45(39)63-47/h1-32H. The lowest BCUT2D eigenvalue weighted by atomic mass is 10.1. The minimum absolute atomic E-state index is 0.515. The van der Waals surface area contributed by atoms with E-state index in [0.717, 1.165) is 110 Å². The van der Waals surface area contributed by atoms with Crippen LogP contribution in [0.25, 0.3) is 133 Å². The Bertz CT molecular complexity index is 4140. The van der Waals surface area contributed by atoms with Crippen LogP contribution in [0.1, 0.15) is 0 Å². The minimum Gasteiger partial charge on any atom is -0.456 e. The van der Waals surface area contributed by atoms with Crippen molar-refractivity contribution in [2.75, 3.05) is 0 Å². The van der Waals surface area contributed by atoms with Gasteiger partial charge < -0.3 is 13.4 Å². The number of para-hydroxylation sites is 4. The molecule has 0 radical (unpaired) electrons. The molecule has 0 bridgehead atoms. The molecule has 0 atom stereocenters. The SMILES string of the molecule is c1ccc(-c2nc(-c3ccccc3)nc(-c3cc(-n4c5ccccc5c5ccc6oc7ccccc7c6c54)ncc3-n3c4ccccc4c4ccc5oc6ccccc6c5c43)n2)cc1. The second-order valence-electron chi connectivity index (χ2n) is 16.2. The molecule has 0 aliphatic rings. The van der Waals surface area contributed by atoms with Gasteiger partial charge in [-0.15, -0.1) is 0 Å². The van der Waals surface area contributed by atoms with Crippen LogP contribution < -0.4 is 0 Å². The zero-order valence-corrected chi connectivity index (χ0v) is 34.0. The van der Waals surface area contributed by atoms with Gasteiger partial charge in [0.2, 0.25) is 0 Å². The summed E-state index contributed by atoms with van der Waals surface area (Å²) in [6.07, 6.45) is 1.99. The summed E-state index contributed by atoms with van der Waals surface area (Å²) in [7, 11) is 0. The largest absolute Gasteiger partial charge is 0.456 e. The Kier molecular flexibility index (Phi) is 7.23. The smallest absolute Gasteiger partial charge is 0.166 e.